The van der Waals surface area contributed by atoms with Gasteiger partial charge in [-0.1, -0.05) is 11.6 Å². The van der Waals surface area contributed by atoms with Gasteiger partial charge in [-0.15, -0.1) is 0 Å². The van der Waals surface area contributed by atoms with Gasteiger partial charge in [0.2, 0.25) is 5.88 Å². The molecule has 0 aliphatic carbocycles. The molecule has 4 heteroatoms. The summed E-state index contributed by atoms with van der Waals surface area (Å²) in [4.78, 5) is 13.5. The van der Waals surface area contributed by atoms with Gasteiger partial charge in [0.05, 0.1) is 0 Å². The highest BCUT2D eigenvalue weighted by Gasteiger charge is 1.92. The van der Waals surface area contributed by atoms with Gasteiger partial charge in [0.1, 0.15) is 0 Å². The maximum atomic E-state index is 9.78. The van der Waals surface area contributed by atoms with Gasteiger partial charge in [-0.2, -0.15) is 0 Å². The van der Waals surface area contributed by atoms with Crippen LogP contribution in [0.4, 0.5) is 0 Å². The standard InChI is InChI=1S/C6H4ClNO2/c7-5-1-2-8-6(3-5)10-4-9/h1-4H. The molecule has 0 unspecified atom stereocenters. The molecule has 0 saturated heterocycles. The summed E-state index contributed by atoms with van der Waals surface area (Å²) < 4.78 is 4.41. The van der Waals surface area contributed by atoms with Gasteiger partial charge in [0.25, 0.3) is 6.47 Å². The van der Waals surface area contributed by atoms with Crippen molar-refractivity contribution < 1.29 is 9.53 Å². The zero-order chi connectivity index (χ0) is 7.40. The first-order valence-electron chi connectivity index (χ1n) is 2.55. The van der Waals surface area contributed by atoms with Crippen molar-refractivity contribution in [2.45, 2.75) is 0 Å². The Morgan fingerprint density at radius 2 is 2.50 bits per heavy atom. The van der Waals surface area contributed by atoms with E-state index in [1.54, 1.807) is 6.07 Å². The molecule has 0 N–H and O–H groups in total. The second kappa shape index (κ2) is 3.17. The van der Waals surface area contributed by atoms with Crippen LogP contribution in [0.1, 0.15) is 0 Å². The predicted octanol–water partition coefficient (Wildman–Crippen LogP) is 1.27. The quantitative estimate of drug-likeness (QED) is 0.607. The molecule has 0 spiro atoms. The van der Waals surface area contributed by atoms with Crippen molar-refractivity contribution in [3.8, 4) is 5.88 Å². The number of hydrogen-bond donors (Lipinski definition) is 0. The molecule has 1 aromatic rings. The summed E-state index contributed by atoms with van der Waals surface area (Å²) >= 11 is 5.54. The van der Waals surface area contributed by atoms with Crippen LogP contribution in [0, 0.1) is 0 Å². The topological polar surface area (TPSA) is 39.2 Å². The van der Waals surface area contributed by atoms with Crippen molar-refractivity contribution in [2.75, 3.05) is 0 Å². The summed E-state index contributed by atoms with van der Waals surface area (Å²) in [6.45, 7) is 0.304. The summed E-state index contributed by atoms with van der Waals surface area (Å²) in [5.41, 5.74) is 0. The molecule has 0 saturated carbocycles. The minimum atomic E-state index is 0.211. The average Bonchev–Trinajstić information content (AvgIpc) is 1.88. The Hall–Kier alpha value is -1.09. The normalized spacial score (nSPS) is 8.90. The summed E-state index contributed by atoms with van der Waals surface area (Å²) in [5.74, 6) is 0.211. The molecule has 1 aromatic heterocycles. The highest BCUT2D eigenvalue weighted by atomic mass is 35.5. The number of hydrogen-bond acceptors (Lipinski definition) is 3. The monoisotopic (exact) mass is 157 g/mol. The first-order chi connectivity index (χ1) is 4.83. The molecule has 1 heterocycles. The lowest BCUT2D eigenvalue weighted by molar-refractivity contribution is -0.120. The first-order valence-corrected chi connectivity index (χ1v) is 2.92. The molecule has 1 rings (SSSR count). The van der Waals surface area contributed by atoms with Crippen molar-refractivity contribution >= 4 is 18.1 Å². The summed E-state index contributed by atoms with van der Waals surface area (Å²) in [5, 5.41) is 0.492. The molecule has 0 aliphatic rings. The van der Waals surface area contributed by atoms with Crippen molar-refractivity contribution in [3.63, 3.8) is 0 Å². The van der Waals surface area contributed by atoms with Crippen molar-refractivity contribution in [2.24, 2.45) is 0 Å². The number of ether oxygens (including phenoxy) is 1. The lowest BCUT2D eigenvalue weighted by atomic mass is 10.5. The smallest absolute Gasteiger partial charge is 0.299 e. The van der Waals surface area contributed by atoms with Gasteiger partial charge < -0.3 is 4.74 Å². The number of nitrogens with zero attached hydrogens (tertiary/aromatic N) is 1. The van der Waals surface area contributed by atoms with E-state index in [-0.39, 0.29) is 5.88 Å². The van der Waals surface area contributed by atoms with E-state index in [1.165, 1.54) is 12.3 Å². The Labute approximate surface area is 62.6 Å². The van der Waals surface area contributed by atoms with Crippen molar-refractivity contribution in [1.82, 2.24) is 4.98 Å². The van der Waals surface area contributed by atoms with Crippen LogP contribution in [0.2, 0.25) is 5.02 Å². The third-order valence-corrected chi connectivity index (χ3v) is 1.10. The lowest BCUT2D eigenvalue weighted by Crippen LogP contribution is -1.90. The second-order valence-electron chi connectivity index (χ2n) is 1.53. The van der Waals surface area contributed by atoms with E-state index in [2.05, 4.69) is 9.72 Å². The summed E-state index contributed by atoms with van der Waals surface area (Å²) in [7, 11) is 0. The van der Waals surface area contributed by atoms with Crippen LogP contribution in [0.3, 0.4) is 0 Å². The van der Waals surface area contributed by atoms with Crippen LogP contribution >= 0.6 is 11.6 Å². The zero-order valence-electron chi connectivity index (χ0n) is 4.95. The van der Waals surface area contributed by atoms with E-state index in [9.17, 15) is 4.79 Å². The third kappa shape index (κ3) is 1.70. The number of halogens is 1. The predicted molar refractivity (Wildman–Crippen MR) is 35.9 cm³/mol. The van der Waals surface area contributed by atoms with Crippen LogP contribution in [0.25, 0.3) is 0 Å². The summed E-state index contributed by atoms with van der Waals surface area (Å²) in [6, 6.07) is 3.05. The number of pyridine rings is 1. The van der Waals surface area contributed by atoms with Gasteiger partial charge in [-0.3, -0.25) is 4.79 Å². The molecule has 0 bridgehead atoms. The van der Waals surface area contributed by atoms with Crippen molar-refractivity contribution in [3.05, 3.63) is 23.4 Å². The van der Waals surface area contributed by atoms with Crippen LogP contribution in [-0.2, 0) is 4.79 Å². The van der Waals surface area contributed by atoms with E-state index in [4.69, 9.17) is 11.6 Å². The Bertz CT molecular complexity index is 239. The van der Waals surface area contributed by atoms with E-state index in [1.807, 2.05) is 0 Å². The van der Waals surface area contributed by atoms with Gasteiger partial charge in [0, 0.05) is 17.3 Å². The maximum absolute atomic E-state index is 9.78. The molecule has 3 nitrogen and oxygen atoms in total. The van der Waals surface area contributed by atoms with E-state index >= 15 is 0 Å². The van der Waals surface area contributed by atoms with Crippen LogP contribution in [0.15, 0.2) is 18.3 Å². The Kier molecular flexibility index (Phi) is 2.23. The Morgan fingerprint density at radius 1 is 1.70 bits per heavy atom. The minimum Gasteiger partial charge on any atom is -0.410 e. The fourth-order valence-electron chi connectivity index (χ4n) is 0.499. The molecule has 0 atom stereocenters. The maximum Gasteiger partial charge on any atom is 0.299 e. The minimum absolute atomic E-state index is 0.211. The highest BCUT2D eigenvalue weighted by Crippen LogP contribution is 2.12. The fourth-order valence-corrected chi connectivity index (χ4v) is 0.649. The van der Waals surface area contributed by atoms with Gasteiger partial charge in [-0.05, 0) is 6.07 Å². The summed E-state index contributed by atoms with van der Waals surface area (Å²) in [6.07, 6.45) is 1.46. The molecule has 0 fully saturated rings. The largest absolute Gasteiger partial charge is 0.410 e. The molecule has 10 heavy (non-hydrogen) atoms. The number of carbonyl (C=O) groups is 1. The lowest BCUT2D eigenvalue weighted by Gasteiger charge is -1.93. The second-order valence-corrected chi connectivity index (χ2v) is 1.96. The molecular formula is C6H4ClNO2. The third-order valence-electron chi connectivity index (χ3n) is 0.866. The Balaban J connectivity index is 2.84. The first kappa shape index (κ1) is 7.02. The number of aromatic nitrogens is 1. The van der Waals surface area contributed by atoms with Crippen LogP contribution in [-0.4, -0.2) is 11.5 Å². The van der Waals surface area contributed by atoms with Crippen LogP contribution < -0.4 is 4.74 Å². The van der Waals surface area contributed by atoms with E-state index < -0.39 is 0 Å². The molecule has 52 valence electrons. The number of rotatable bonds is 2. The molecular weight excluding hydrogens is 154 g/mol. The van der Waals surface area contributed by atoms with E-state index in [0.717, 1.165) is 0 Å². The molecule has 0 aromatic carbocycles. The zero-order valence-corrected chi connectivity index (χ0v) is 5.71. The van der Waals surface area contributed by atoms with Gasteiger partial charge >= 0.3 is 0 Å². The molecule has 0 radical (unpaired) electrons. The van der Waals surface area contributed by atoms with Gasteiger partial charge in [0.15, 0.2) is 0 Å². The SMILES string of the molecule is O=COc1cc(Cl)ccn1. The average molecular weight is 158 g/mol. The van der Waals surface area contributed by atoms with Crippen molar-refractivity contribution in [1.29, 1.82) is 0 Å². The molecule has 0 amide bonds. The van der Waals surface area contributed by atoms with Gasteiger partial charge in [-0.25, -0.2) is 4.98 Å². The van der Waals surface area contributed by atoms with Crippen LogP contribution in [0.5, 0.6) is 5.88 Å². The Morgan fingerprint density at radius 3 is 3.10 bits per heavy atom. The van der Waals surface area contributed by atoms with E-state index in [0.29, 0.717) is 11.5 Å². The molecule has 0 aliphatic heterocycles. The highest BCUT2D eigenvalue weighted by molar-refractivity contribution is 6.30. The number of carbonyl (C=O) groups excluding carboxylic acids is 1. The fraction of sp³-hybridized carbons (Fsp3) is 0.